The van der Waals surface area contributed by atoms with Gasteiger partial charge in [-0.1, -0.05) is 13.8 Å². The Morgan fingerprint density at radius 3 is 1.72 bits per heavy atom. The number of hydrogen-bond donors (Lipinski definition) is 3. The van der Waals surface area contributed by atoms with E-state index in [4.69, 9.17) is 14.2 Å². The van der Waals surface area contributed by atoms with Crippen molar-refractivity contribution in [1.29, 1.82) is 0 Å². The van der Waals surface area contributed by atoms with Crippen LogP contribution in [0.2, 0.25) is 0 Å². The highest BCUT2D eigenvalue weighted by Gasteiger charge is 2.65. The normalized spacial score (nSPS) is 23.0. The van der Waals surface area contributed by atoms with E-state index in [0.29, 0.717) is 63.7 Å². The molecular weight excluding hydrogens is 795 g/mol. The van der Waals surface area contributed by atoms with E-state index in [1.165, 1.54) is 0 Å². The molecule has 2 aliphatic carbocycles. The van der Waals surface area contributed by atoms with Gasteiger partial charge in [-0.25, -0.2) is 18.0 Å². The van der Waals surface area contributed by atoms with Crippen LogP contribution in [0.25, 0.3) is 0 Å². The number of esters is 1. The number of Topliss-reactive ketones (excluding diaryl/α,β-unsaturated/α-hetero) is 1. The second-order valence-corrected chi connectivity index (χ2v) is 21.8. The highest BCUT2D eigenvalue weighted by molar-refractivity contribution is 7.89. The maximum atomic E-state index is 13.7. The molecule has 2 aliphatic heterocycles. The van der Waals surface area contributed by atoms with Crippen LogP contribution >= 0.6 is 0 Å². The summed E-state index contributed by atoms with van der Waals surface area (Å²) in [5.74, 6) is -1.91. The Morgan fingerprint density at radius 1 is 0.800 bits per heavy atom. The summed E-state index contributed by atoms with van der Waals surface area (Å²) in [6.45, 7) is 18.0. The lowest BCUT2D eigenvalue weighted by molar-refractivity contribution is -0.145. The van der Waals surface area contributed by atoms with Gasteiger partial charge in [0.1, 0.15) is 23.0 Å². The molecule has 2 bridgehead atoms. The molecule has 2 heterocycles. The van der Waals surface area contributed by atoms with Crippen LogP contribution in [-0.2, 0) is 43.4 Å². The molecule has 0 radical (unpaired) electrons. The van der Waals surface area contributed by atoms with Crippen molar-refractivity contribution in [2.45, 2.75) is 150 Å². The third kappa shape index (κ3) is 13.5. The van der Waals surface area contributed by atoms with Crippen molar-refractivity contribution in [2.75, 3.05) is 51.6 Å². The standard InChI is InChI=1S/C43H73N5O11S/c1-10-57-37(52)33(46-60(55,56)28-43-20-15-32(25-34(43)49)42(43,8)9)26-44-35(50)27-45-36(51)31(13-11-29-16-21-47(22-17-29)38(53)58-40(2,3)4)14-12-30-18-23-48(24-19-30)39(54)59-41(5,6)7/h29-33,46H,10-28H2,1-9H3,(H,44,50)(H,45,51)/t32?,33-,43?/m0/s1. The maximum absolute atomic E-state index is 13.7. The van der Waals surface area contributed by atoms with E-state index in [2.05, 4.69) is 15.4 Å². The number of rotatable bonds is 17. The van der Waals surface area contributed by atoms with Gasteiger partial charge in [0.25, 0.3) is 0 Å². The van der Waals surface area contributed by atoms with Crippen molar-refractivity contribution in [1.82, 2.24) is 25.2 Å². The first-order chi connectivity index (χ1) is 27.8. The smallest absolute Gasteiger partial charge is 0.410 e. The number of nitrogens with zero attached hydrogens (tertiary/aromatic N) is 2. The van der Waals surface area contributed by atoms with Gasteiger partial charge in [-0.3, -0.25) is 19.2 Å². The first-order valence-electron chi connectivity index (χ1n) is 22.0. The van der Waals surface area contributed by atoms with Crippen molar-refractivity contribution in [3.05, 3.63) is 0 Å². The lowest BCUT2D eigenvalue weighted by atomic mass is 9.70. The molecule has 4 fully saturated rings. The van der Waals surface area contributed by atoms with Gasteiger partial charge in [-0.15, -0.1) is 0 Å². The summed E-state index contributed by atoms with van der Waals surface area (Å²) in [4.78, 5) is 81.5. The van der Waals surface area contributed by atoms with E-state index in [-0.39, 0.29) is 48.9 Å². The SMILES string of the molecule is CCOC(=O)[C@H](CNC(=O)CNC(=O)C(CCC1CCN(C(=O)OC(C)(C)C)CC1)CCC1CCN(C(=O)OC(C)(C)C)CC1)NS(=O)(=O)CC12CCC(CC1=O)C2(C)C. The molecule has 0 aromatic heterocycles. The number of sulfonamides is 1. The molecule has 342 valence electrons. The van der Waals surface area contributed by atoms with Crippen LogP contribution in [0.3, 0.4) is 0 Å². The van der Waals surface area contributed by atoms with E-state index in [0.717, 1.165) is 44.9 Å². The van der Waals surface area contributed by atoms with Gasteiger partial charge in [0.15, 0.2) is 0 Å². The van der Waals surface area contributed by atoms with Gasteiger partial charge in [0.05, 0.1) is 18.9 Å². The molecule has 16 nitrogen and oxygen atoms in total. The Kier molecular flexibility index (Phi) is 16.5. The van der Waals surface area contributed by atoms with Crippen molar-refractivity contribution >= 4 is 45.8 Å². The van der Waals surface area contributed by atoms with Crippen LogP contribution in [0.15, 0.2) is 0 Å². The number of hydrogen-bond acceptors (Lipinski definition) is 11. The first-order valence-corrected chi connectivity index (χ1v) is 23.7. The fraction of sp³-hybridized carbons (Fsp3) is 0.860. The second kappa shape index (κ2) is 20.1. The number of nitrogens with one attached hydrogen (secondary N) is 3. The van der Waals surface area contributed by atoms with Crippen molar-refractivity contribution in [3.63, 3.8) is 0 Å². The fourth-order valence-corrected chi connectivity index (χ4v) is 11.5. The molecule has 60 heavy (non-hydrogen) atoms. The van der Waals surface area contributed by atoms with Gasteiger partial charge < -0.3 is 34.6 Å². The number of amides is 4. The average molecular weight is 868 g/mol. The zero-order chi connectivity index (χ0) is 44.7. The van der Waals surface area contributed by atoms with Crippen molar-refractivity contribution in [2.24, 2.45) is 34.5 Å². The van der Waals surface area contributed by atoms with Crippen LogP contribution in [0.4, 0.5) is 9.59 Å². The maximum Gasteiger partial charge on any atom is 0.410 e. The molecule has 0 aromatic carbocycles. The van der Waals surface area contributed by atoms with Gasteiger partial charge >= 0.3 is 18.2 Å². The van der Waals surface area contributed by atoms with E-state index >= 15 is 0 Å². The molecule has 4 aliphatic rings. The highest BCUT2D eigenvalue weighted by Crippen LogP contribution is 2.64. The van der Waals surface area contributed by atoms with E-state index in [1.54, 1.807) is 16.7 Å². The van der Waals surface area contributed by atoms with E-state index < -0.39 is 62.3 Å². The number of piperidine rings is 2. The fourth-order valence-electron chi connectivity index (χ4n) is 9.44. The third-order valence-electron chi connectivity index (χ3n) is 13.1. The topological polar surface area (TPSA) is 207 Å². The number of likely N-dealkylation sites (tertiary alicyclic amines) is 2. The summed E-state index contributed by atoms with van der Waals surface area (Å²) in [6.07, 6.45) is 6.83. The molecule has 0 aromatic rings. The Bertz CT molecular complexity index is 1600. The molecule has 3 atom stereocenters. The van der Waals surface area contributed by atoms with Crippen LogP contribution < -0.4 is 15.4 Å². The molecule has 0 spiro atoms. The van der Waals surface area contributed by atoms with Gasteiger partial charge in [0, 0.05) is 50.5 Å². The minimum atomic E-state index is -4.17. The summed E-state index contributed by atoms with van der Waals surface area (Å²) in [7, 11) is -4.17. The number of carbonyl (C=O) groups is 6. The van der Waals surface area contributed by atoms with Gasteiger partial charge in [0.2, 0.25) is 21.8 Å². The molecule has 4 rings (SSSR count). The Morgan fingerprint density at radius 2 is 1.30 bits per heavy atom. The van der Waals surface area contributed by atoms with Crippen molar-refractivity contribution in [3.8, 4) is 0 Å². The van der Waals surface area contributed by atoms with Crippen LogP contribution in [-0.4, -0.2) is 123 Å². The molecule has 17 heteroatoms. The summed E-state index contributed by atoms with van der Waals surface area (Å²) in [5, 5.41) is 5.35. The van der Waals surface area contributed by atoms with Crippen LogP contribution in [0, 0.1) is 34.5 Å². The predicted molar refractivity (Wildman–Crippen MR) is 225 cm³/mol. The molecule has 2 saturated carbocycles. The number of ether oxygens (including phenoxy) is 3. The van der Waals surface area contributed by atoms with Crippen molar-refractivity contribution < 1.29 is 51.4 Å². The van der Waals surface area contributed by atoms with E-state index in [1.807, 2.05) is 55.4 Å². The summed E-state index contributed by atoms with van der Waals surface area (Å²) in [6, 6.07) is -1.43. The highest BCUT2D eigenvalue weighted by atomic mass is 32.2. The number of carbonyl (C=O) groups excluding carboxylic acids is 6. The second-order valence-electron chi connectivity index (χ2n) is 20.0. The van der Waals surface area contributed by atoms with E-state index in [9.17, 15) is 37.2 Å². The summed E-state index contributed by atoms with van der Waals surface area (Å²) in [5.41, 5.74) is -2.69. The Hall–Kier alpha value is -3.47. The molecule has 2 unspecified atom stereocenters. The molecular formula is C43H73N5O11S. The lowest BCUT2D eigenvalue weighted by Gasteiger charge is -2.36. The number of fused-ring (bicyclic) bond motifs is 2. The third-order valence-corrected chi connectivity index (χ3v) is 14.7. The molecule has 4 amide bonds. The zero-order valence-corrected chi connectivity index (χ0v) is 38.4. The zero-order valence-electron chi connectivity index (χ0n) is 37.6. The quantitative estimate of drug-likeness (QED) is 0.132. The van der Waals surface area contributed by atoms with Gasteiger partial charge in [-0.05, 0) is 136 Å². The monoisotopic (exact) mass is 868 g/mol. The lowest BCUT2D eigenvalue weighted by Crippen LogP contribution is -2.53. The minimum absolute atomic E-state index is 0.00863. The Balaban J connectivity index is 1.32. The molecule has 3 N–H and O–H groups in total. The van der Waals surface area contributed by atoms with Crippen LogP contribution in [0.5, 0.6) is 0 Å². The predicted octanol–water partition coefficient (Wildman–Crippen LogP) is 4.94. The van der Waals surface area contributed by atoms with Gasteiger partial charge in [-0.2, -0.15) is 4.72 Å². The summed E-state index contributed by atoms with van der Waals surface area (Å²) >= 11 is 0. The Labute approximate surface area is 357 Å². The largest absolute Gasteiger partial charge is 0.465 e. The first kappa shape index (κ1) is 49.2. The summed E-state index contributed by atoms with van der Waals surface area (Å²) < 4.78 is 45.6. The minimum Gasteiger partial charge on any atom is -0.465 e. The van der Waals surface area contributed by atoms with Crippen LogP contribution in [0.1, 0.15) is 133 Å². The number of ketones is 1. The molecule has 2 saturated heterocycles. The average Bonchev–Trinajstić information content (AvgIpc) is 3.49.